The van der Waals surface area contributed by atoms with Crippen molar-refractivity contribution in [2.45, 2.75) is 59.5 Å². The predicted octanol–water partition coefficient (Wildman–Crippen LogP) is 2.53. The van der Waals surface area contributed by atoms with E-state index in [9.17, 15) is 0 Å². The number of imidazole rings is 1. The summed E-state index contributed by atoms with van der Waals surface area (Å²) in [4.78, 5) is 4.83. The molecule has 0 radical (unpaired) electrons. The second-order valence-electron chi connectivity index (χ2n) is 6.53. The van der Waals surface area contributed by atoms with Crippen molar-refractivity contribution in [2.24, 2.45) is 11.3 Å². The second-order valence-corrected chi connectivity index (χ2v) is 6.53. The van der Waals surface area contributed by atoms with Crippen molar-refractivity contribution in [2.75, 3.05) is 6.54 Å². The van der Waals surface area contributed by atoms with Crippen molar-refractivity contribution in [3.05, 3.63) is 17.2 Å². The van der Waals surface area contributed by atoms with Gasteiger partial charge < -0.3 is 9.88 Å². The Morgan fingerprint density at radius 1 is 1.44 bits per heavy atom. The third kappa shape index (κ3) is 1.89. The highest BCUT2D eigenvalue weighted by Crippen LogP contribution is 2.40. The van der Waals surface area contributed by atoms with Crippen LogP contribution in [0, 0.1) is 11.3 Å². The number of aromatic nitrogens is 2. The van der Waals surface area contributed by atoms with Crippen LogP contribution in [0.4, 0.5) is 0 Å². The topological polar surface area (TPSA) is 29.9 Å². The maximum absolute atomic E-state index is 4.83. The largest absolute Gasteiger partial charge is 0.329 e. The maximum atomic E-state index is 4.83. The van der Waals surface area contributed by atoms with Crippen LogP contribution in [0.5, 0.6) is 0 Å². The van der Waals surface area contributed by atoms with E-state index in [-0.39, 0.29) is 0 Å². The molecule has 0 amide bonds. The van der Waals surface area contributed by atoms with Gasteiger partial charge in [-0.05, 0) is 30.6 Å². The van der Waals surface area contributed by atoms with Crippen LogP contribution in [0.15, 0.2) is 0 Å². The monoisotopic (exact) mass is 247 g/mol. The minimum Gasteiger partial charge on any atom is -0.329 e. The van der Waals surface area contributed by atoms with Crippen LogP contribution in [0.2, 0.25) is 0 Å². The fraction of sp³-hybridized carbons (Fsp3) is 0.800. The van der Waals surface area contributed by atoms with Crippen LogP contribution in [0.3, 0.4) is 0 Å². The molecule has 1 aliphatic carbocycles. The molecule has 1 unspecified atom stereocenters. The van der Waals surface area contributed by atoms with E-state index in [1.54, 1.807) is 5.69 Å². The highest BCUT2D eigenvalue weighted by atomic mass is 15.2. The number of hydrogen-bond donors (Lipinski definition) is 1. The molecule has 18 heavy (non-hydrogen) atoms. The van der Waals surface area contributed by atoms with Gasteiger partial charge in [-0.25, -0.2) is 4.98 Å². The Morgan fingerprint density at radius 2 is 2.28 bits per heavy atom. The SMILES string of the molecule is CCC(C)(C)C1CCc2nc3n(c2C1)CCNC3. The average Bonchev–Trinajstić information content (AvgIpc) is 2.76. The lowest BCUT2D eigenvalue weighted by Crippen LogP contribution is -2.32. The Labute approximate surface area is 110 Å². The van der Waals surface area contributed by atoms with Gasteiger partial charge in [0.25, 0.3) is 0 Å². The summed E-state index contributed by atoms with van der Waals surface area (Å²) in [5.41, 5.74) is 3.40. The first-order valence-corrected chi connectivity index (χ1v) is 7.39. The molecule has 2 aliphatic rings. The third-order valence-electron chi connectivity index (χ3n) is 5.22. The van der Waals surface area contributed by atoms with Crippen molar-refractivity contribution in [3.63, 3.8) is 0 Å². The van der Waals surface area contributed by atoms with E-state index >= 15 is 0 Å². The molecule has 1 aliphatic heterocycles. The zero-order valence-corrected chi connectivity index (χ0v) is 11.9. The summed E-state index contributed by atoms with van der Waals surface area (Å²) in [5, 5.41) is 3.42. The summed E-state index contributed by atoms with van der Waals surface area (Å²) in [7, 11) is 0. The van der Waals surface area contributed by atoms with Crippen LogP contribution in [-0.2, 0) is 25.9 Å². The van der Waals surface area contributed by atoms with Crippen LogP contribution in [-0.4, -0.2) is 16.1 Å². The van der Waals surface area contributed by atoms with Crippen molar-refractivity contribution in [1.29, 1.82) is 0 Å². The Kier molecular flexibility index (Phi) is 2.97. The highest BCUT2D eigenvalue weighted by molar-refractivity contribution is 5.22. The highest BCUT2D eigenvalue weighted by Gasteiger charge is 2.34. The molecule has 0 saturated heterocycles. The molecule has 1 aromatic heterocycles. The molecule has 3 heteroatoms. The molecular formula is C15H25N3. The fourth-order valence-electron chi connectivity index (χ4n) is 3.41. The van der Waals surface area contributed by atoms with Gasteiger partial charge in [-0.3, -0.25) is 0 Å². The molecule has 1 atom stereocenters. The van der Waals surface area contributed by atoms with Crippen LogP contribution in [0.1, 0.15) is 50.8 Å². The van der Waals surface area contributed by atoms with Crippen molar-refractivity contribution in [3.8, 4) is 0 Å². The summed E-state index contributed by atoms with van der Waals surface area (Å²) in [6.07, 6.45) is 5.01. The summed E-state index contributed by atoms with van der Waals surface area (Å²) < 4.78 is 2.49. The van der Waals surface area contributed by atoms with Gasteiger partial charge in [-0.15, -0.1) is 0 Å². The number of nitrogens with zero attached hydrogens (tertiary/aromatic N) is 2. The van der Waals surface area contributed by atoms with E-state index in [1.165, 1.54) is 37.2 Å². The second kappa shape index (κ2) is 4.37. The minimum absolute atomic E-state index is 0.468. The van der Waals surface area contributed by atoms with Crippen molar-refractivity contribution in [1.82, 2.24) is 14.9 Å². The van der Waals surface area contributed by atoms with E-state index in [4.69, 9.17) is 4.98 Å². The summed E-state index contributed by atoms with van der Waals surface area (Å²) in [5.74, 6) is 2.09. The summed E-state index contributed by atoms with van der Waals surface area (Å²) in [6, 6.07) is 0. The lowest BCUT2D eigenvalue weighted by molar-refractivity contribution is 0.179. The molecule has 0 spiro atoms. The van der Waals surface area contributed by atoms with Crippen LogP contribution in [0.25, 0.3) is 0 Å². The zero-order valence-electron chi connectivity index (χ0n) is 11.9. The molecule has 100 valence electrons. The Balaban J connectivity index is 1.90. The maximum Gasteiger partial charge on any atom is 0.123 e. The molecule has 0 saturated carbocycles. The molecule has 3 nitrogen and oxygen atoms in total. The van der Waals surface area contributed by atoms with E-state index in [2.05, 4.69) is 30.7 Å². The van der Waals surface area contributed by atoms with Gasteiger partial charge in [0.15, 0.2) is 0 Å². The first-order valence-electron chi connectivity index (χ1n) is 7.39. The Bertz CT molecular complexity index is 445. The number of nitrogens with one attached hydrogen (secondary N) is 1. The first kappa shape index (κ1) is 12.2. The molecule has 1 N–H and O–H groups in total. The normalized spacial score (nSPS) is 23.6. The molecule has 0 fully saturated rings. The standard InChI is InChI=1S/C15H25N3/c1-4-15(2,3)11-5-6-12-13(9-11)18-8-7-16-10-14(18)17-12/h11,16H,4-10H2,1-3H3. The number of hydrogen-bond acceptors (Lipinski definition) is 2. The Morgan fingerprint density at radius 3 is 3.06 bits per heavy atom. The first-order chi connectivity index (χ1) is 8.62. The lowest BCUT2D eigenvalue weighted by Gasteiger charge is -2.36. The van der Waals surface area contributed by atoms with Crippen molar-refractivity contribution < 1.29 is 0 Å². The van der Waals surface area contributed by atoms with E-state index in [1.807, 2.05) is 0 Å². The van der Waals surface area contributed by atoms with E-state index in [0.717, 1.165) is 25.6 Å². The molecule has 2 heterocycles. The van der Waals surface area contributed by atoms with Crippen molar-refractivity contribution >= 4 is 0 Å². The molecule has 0 bridgehead atoms. The average molecular weight is 247 g/mol. The number of fused-ring (bicyclic) bond motifs is 3. The van der Waals surface area contributed by atoms with E-state index < -0.39 is 0 Å². The van der Waals surface area contributed by atoms with Gasteiger partial charge in [0.1, 0.15) is 5.82 Å². The number of rotatable bonds is 2. The molecular weight excluding hydrogens is 222 g/mol. The third-order valence-corrected chi connectivity index (χ3v) is 5.22. The van der Waals surface area contributed by atoms with Crippen LogP contribution < -0.4 is 5.32 Å². The van der Waals surface area contributed by atoms with Gasteiger partial charge in [0.2, 0.25) is 0 Å². The quantitative estimate of drug-likeness (QED) is 0.870. The molecule has 0 aromatic carbocycles. The summed E-state index contributed by atoms with van der Waals surface area (Å²) in [6.45, 7) is 10.3. The summed E-state index contributed by atoms with van der Waals surface area (Å²) >= 11 is 0. The minimum atomic E-state index is 0.468. The van der Waals surface area contributed by atoms with Gasteiger partial charge in [-0.2, -0.15) is 0 Å². The predicted molar refractivity (Wildman–Crippen MR) is 73.5 cm³/mol. The lowest BCUT2D eigenvalue weighted by atomic mass is 9.70. The van der Waals surface area contributed by atoms with Crippen LogP contribution >= 0.6 is 0 Å². The van der Waals surface area contributed by atoms with Gasteiger partial charge in [-0.1, -0.05) is 27.2 Å². The van der Waals surface area contributed by atoms with Gasteiger partial charge in [0.05, 0.1) is 12.2 Å². The smallest absolute Gasteiger partial charge is 0.123 e. The Hall–Kier alpha value is -0.830. The van der Waals surface area contributed by atoms with Gasteiger partial charge in [0, 0.05) is 18.8 Å². The fourth-order valence-corrected chi connectivity index (χ4v) is 3.41. The number of aryl methyl sites for hydroxylation is 1. The van der Waals surface area contributed by atoms with E-state index in [0.29, 0.717) is 5.41 Å². The zero-order chi connectivity index (χ0) is 12.8. The van der Waals surface area contributed by atoms with Gasteiger partial charge >= 0.3 is 0 Å². The molecule has 3 rings (SSSR count). The molecule has 1 aromatic rings.